The van der Waals surface area contributed by atoms with Crippen LogP contribution in [0.15, 0.2) is 60.8 Å². The fourth-order valence-electron chi connectivity index (χ4n) is 3.38. The van der Waals surface area contributed by atoms with Crippen LogP contribution < -0.4 is 15.0 Å². The Morgan fingerprint density at radius 3 is 2.56 bits per heavy atom. The van der Waals surface area contributed by atoms with E-state index in [4.69, 9.17) is 4.74 Å². The molecule has 0 bridgehead atoms. The standard InChI is InChI=1S/C22H21N3O2/c1-14-6-4-8-19(15(14)2)24-21-20-18(7-5-13-23-20)22(26)25(21)16-9-11-17(27-3)12-10-16/h4-13,21,24H,1-3H3/t21-/m1/s1. The summed E-state index contributed by atoms with van der Waals surface area (Å²) in [5, 5.41) is 3.53. The van der Waals surface area contributed by atoms with Crippen molar-refractivity contribution in [3.05, 3.63) is 83.2 Å². The summed E-state index contributed by atoms with van der Waals surface area (Å²) in [6.07, 6.45) is 1.35. The number of pyridine rings is 1. The first-order valence-electron chi connectivity index (χ1n) is 8.85. The van der Waals surface area contributed by atoms with E-state index in [1.54, 1.807) is 24.3 Å². The minimum atomic E-state index is -0.373. The number of methoxy groups -OCH3 is 1. The minimum absolute atomic E-state index is 0.0638. The Morgan fingerprint density at radius 2 is 1.81 bits per heavy atom. The highest BCUT2D eigenvalue weighted by Crippen LogP contribution is 2.38. The molecule has 4 rings (SSSR count). The Hall–Kier alpha value is -3.34. The van der Waals surface area contributed by atoms with E-state index < -0.39 is 0 Å². The minimum Gasteiger partial charge on any atom is -0.497 e. The topological polar surface area (TPSA) is 54.5 Å². The molecule has 136 valence electrons. The number of aromatic nitrogens is 1. The Bertz CT molecular complexity index is 999. The van der Waals surface area contributed by atoms with Crippen LogP contribution in [-0.4, -0.2) is 18.0 Å². The van der Waals surface area contributed by atoms with Gasteiger partial charge in [-0.15, -0.1) is 0 Å². The van der Waals surface area contributed by atoms with Crippen LogP contribution in [0.1, 0.15) is 33.3 Å². The first-order chi connectivity index (χ1) is 13.1. The maximum atomic E-state index is 13.1. The highest BCUT2D eigenvalue weighted by Gasteiger charge is 2.39. The van der Waals surface area contributed by atoms with Gasteiger partial charge in [-0.05, 0) is 67.4 Å². The molecule has 0 unspecified atom stereocenters. The van der Waals surface area contributed by atoms with Crippen LogP contribution in [0.25, 0.3) is 0 Å². The number of hydrogen-bond acceptors (Lipinski definition) is 4. The van der Waals surface area contributed by atoms with E-state index in [0.29, 0.717) is 5.56 Å². The number of anilines is 2. The summed E-state index contributed by atoms with van der Waals surface area (Å²) in [5.41, 5.74) is 5.49. The van der Waals surface area contributed by atoms with Gasteiger partial charge in [0.15, 0.2) is 6.17 Å². The average molecular weight is 359 g/mol. The summed E-state index contributed by atoms with van der Waals surface area (Å²) in [6.45, 7) is 4.15. The molecule has 0 radical (unpaired) electrons. The summed E-state index contributed by atoms with van der Waals surface area (Å²) in [7, 11) is 1.63. The number of carbonyl (C=O) groups is 1. The zero-order valence-corrected chi connectivity index (χ0v) is 15.6. The van der Waals surface area contributed by atoms with Gasteiger partial charge < -0.3 is 10.1 Å². The van der Waals surface area contributed by atoms with Gasteiger partial charge in [0.05, 0.1) is 18.4 Å². The van der Waals surface area contributed by atoms with Crippen molar-refractivity contribution in [1.82, 2.24) is 4.98 Å². The Kier molecular flexibility index (Phi) is 4.28. The molecule has 1 aliphatic rings. The van der Waals surface area contributed by atoms with Gasteiger partial charge in [0.25, 0.3) is 5.91 Å². The molecule has 2 heterocycles. The van der Waals surface area contributed by atoms with Gasteiger partial charge in [0, 0.05) is 17.6 Å². The summed E-state index contributed by atoms with van der Waals surface area (Å²) in [6, 6.07) is 17.2. The zero-order valence-electron chi connectivity index (χ0n) is 15.6. The fraction of sp³-hybridized carbons (Fsp3) is 0.182. The molecular formula is C22H21N3O2. The number of ether oxygens (including phenoxy) is 1. The Balaban J connectivity index is 1.78. The average Bonchev–Trinajstić information content (AvgIpc) is 2.98. The second kappa shape index (κ2) is 6.76. The number of aryl methyl sites for hydroxylation is 1. The van der Waals surface area contributed by atoms with Crippen LogP contribution in [0, 0.1) is 13.8 Å². The largest absolute Gasteiger partial charge is 0.497 e. The van der Waals surface area contributed by atoms with Gasteiger partial charge >= 0.3 is 0 Å². The second-order valence-corrected chi connectivity index (χ2v) is 6.60. The molecule has 1 N–H and O–H groups in total. The first-order valence-corrected chi connectivity index (χ1v) is 8.85. The smallest absolute Gasteiger partial charge is 0.262 e. The van der Waals surface area contributed by atoms with Gasteiger partial charge in [0.1, 0.15) is 5.75 Å². The van der Waals surface area contributed by atoms with Crippen molar-refractivity contribution >= 4 is 17.3 Å². The lowest BCUT2D eigenvalue weighted by Gasteiger charge is -2.27. The summed E-state index contributed by atoms with van der Waals surface area (Å²) in [4.78, 5) is 19.4. The molecule has 5 heteroatoms. The van der Waals surface area contributed by atoms with Gasteiger partial charge in [-0.2, -0.15) is 0 Å². The SMILES string of the molecule is COc1ccc(N2C(=O)c3cccnc3[C@@H]2Nc2cccc(C)c2C)cc1. The van der Waals surface area contributed by atoms with E-state index in [-0.39, 0.29) is 12.1 Å². The van der Waals surface area contributed by atoms with Gasteiger partial charge in [-0.3, -0.25) is 14.7 Å². The number of carbonyl (C=O) groups excluding carboxylic acids is 1. The molecule has 0 saturated carbocycles. The van der Waals surface area contributed by atoms with Crippen molar-refractivity contribution in [3.63, 3.8) is 0 Å². The molecular weight excluding hydrogens is 338 g/mol. The lowest BCUT2D eigenvalue weighted by Crippen LogP contribution is -2.32. The molecule has 1 atom stereocenters. The highest BCUT2D eigenvalue weighted by atomic mass is 16.5. The lowest BCUT2D eigenvalue weighted by molar-refractivity contribution is 0.0993. The van der Waals surface area contributed by atoms with Crippen molar-refractivity contribution < 1.29 is 9.53 Å². The van der Waals surface area contributed by atoms with Crippen LogP contribution in [0.4, 0.5) is 11.4 Å². The molecule has 1 aliphatic heterocycles. The number of rotatable bonds is 4. The predicted octanol–water partition coefficient (Wildman–Crippen LogP) is 4.48. The van der Waals surface area contributed by atoms with Crippen LogP contribution in [0.3, 0.4) is 0 Å². The third-order valence-corrected chi connectivity index (χ3v) is 5.05. The van der Waals surface area contributed by atoms with E-state index in [2.05, 4.69) is 30.2 Å². The van der Waals surface area contributed by atoms with Crippen LogP contribution in [0.5, 0.6) is 5.75 Å². The number of nitrogens with one attached hydrogen (secondary N) is 1. The second-order valence-electron chi connectivity index (χ2n) is 6.60. The Labute approximate surface area is 158 Å². The molecule has 0 saturated heterocycles. The van der Waals surface area contributed by atoms with Crippen LogP contribution >= 0.6 is 0 Å². The van der Waals surface area contributed by atoms with Crippen molar-refractivity contribution in [2.45, 2.75) is 20.0 Å². The number of fused-ring (bicyclic) bond motifs is 1. The van der Waals surface area contributed by atoms with Gasteiger partial charge in [0.2, 0.25) is 0 Å². The summed E-state index contributed by atoms with van der Waals surface area (Å²) in [5.74, 6) is 0.686. The van der Waals surface area contributed by atoms with E-state index in [1.165, 1.54) is 5.56 Å². The maximum absolute atomic E-state index is 13.1. The quantitative estimate of drug-likeness (QED) is 0.746. The number of benzene rings is 2. The van der Waals surface area contributed by atoms with Crippen LogP contribution in [-0.2, 0) is 0 Å². The Morgan fingerprint density at radius 1 is 1.04 bits per heavy atom. The maximum Gasteiger partial charge on any atom is 0.262 e. The molecule has 0 fully saturated rings. The number of amides is 1. The molecule has 27 heavy (non-hydrogen) atoms. The third-order valence-electron chi connectivity index (χ3n) is 5.05. The molecule has 0 aliphatic carbocycles. The lowest BCUT2D eigenvalue weighted by atomic mass is 10.1. The third kappa shape index (κ3) is 2.91. The van der Waals surface area contributed by atoms with E-state index in [0.717, 1.165) is 28.4 Å². The van der Waals surface area contributed by atoms with Crippen LogP contribution in [0.2, 0.25) is 0 Å². The fourth-order valence-corrected chi connectivity index (χ4v) is 3.38. The molecule has 2 aromatic carbocycles. The number of hydrogen-bond donors (Lipinski definition) is 1. The normalized spacial score (nSPS) is 15.6. The molecule has 3 aromatic rings. The molecule has 1 aromatic heterocycles. The van der Waals surface area contributed by atoms with Gasteiger partial charge in [-0.25, -0.2) is 0 Å². The predicted molar refractivity (Wildman–Crippen MR) is 106 cm³/mol. The molecule has 5 nitrogen and oxygen atoms in total. The summed E-state index contributed by atoms with van der Waals surface area (Å²) < 4.78 is 5.24. The number of nitrogens with zero attached hydrogens (tertiary/aromatic N) is 2. The van der Waals surface area contributed by atoms with Crippen molar-refractivity contribution in [1.29, 1.82) is 0 Å². The first kappa shape index (κ1) is 17.1. The molecule has 0 spiro atoms. The van der Waals surface area contributed by atoms with Crippen molar-refractivity contribution in [2.75, 3.05) is 17.3 Å². The monoisotopic (exact) mass is 359 g/mol. The van der Waals surface area contributed by atoms with Crippen molar-refractivity contribution in [2.24, 2.45) is 0 Å². The highest BCUT2D eigenvalue weighted by molar-refractivity contribution is 6.11. The van der Waals surface area contributed by atoms with E-state index in [9.17, 15) is 4.79 Å². The zero-order chi connectivity index (χ0) is 19.0. The van der Waals surface area contributed by atoms with E-state index >= 15 is 0 Å². The van der Waals surface area contributed by atoms with E-state index in [1.807, 2.05) is 42.5 Å². The van der Waals surface area contributed by atoms with Crippen molar-refractivity contribution in [3.8, 4) is 5.75 Å². The van der Waals surface area contributed by atoms with Gasteiger partial charge in [-0.1, -0.05) is 12.1 Å². The summed E-state index contributed by atoms with van der Waals surface area (Å²) >= 11 is 0. The molecule has 1 amide bonds.